The van der Waals surface area contributed by atoms with Gasteiger partial charge in [-0.3, -0.25) is 37.3 Å². The summed E-state index contributed by atoms with van der Waals surface area (Å²) in [5.74, 6) is 0.968. The molecule has 19 heteroatoms. The first-order chi connectivity index (χ1) is 47.6. The van der Waals surface area contributed by atoms with E-state index in [0.717, 1.165) is 114 Å². The lowest BCUT2D eigenvalue weighted by Crippen LogP contribution is -2.30. The summed E-state index contributed by atoms with van der Waals surface area (Å²) in [5.41, 5.74) is 0. The molecule has 0 amide bonds. The van der Waals surface area contributed by atoms with Gasteiger partial charge in [0.15, 0.2) is 12.2 Å². The van der Waals surface area contributed by atoms with Crippen molar-refractivity contribution in [1.29, 1.82) is 0 Å². The Kier molecular flexibility index (Phi) is 67.8. The van der Waals surface area contributed by atoms with Crippen LogP contribution < -0.4 is 0 Å². The third-order valence-electron chi connectivity index (χ3n) is 18.9. The number of carbonyl (C=O) groups is 4. The van der Waals surface area contributed by atoms with Crippen LogP contribution in [0, 0.1) is 23.7 Å². The van der Waals surface area contributed by atoms with Crippen molar-refractivity contribution in [2.45, 2.75) is 427 Å². The molecule has 0 saturated heterocycles. The molecule has 0 aliphatic heterocycles. The molecule has 0 spiro atoms. The van der Waals surface area contributed by atoms with E-state index < -0.39 is 97.5 Å². The normalized spacial score (nSPS) is 14.3. The molecule has 0 fully saturated rings. The van der Waals surface area contributed by atoms with Crippen LogP contribution in [0.4, 0.5) is 0 Å². The lowest BCUT2D eigenvalue weighted by Gasteiger charge is -2.21. The number of unbranched alkanes of at least 4 members (excludes halogenated alkanes) is 42. The smallest absolute Gasteiger partial charge is 0.462 e. The topological polar surface area (TPSA) is 237 Å². The fourth-order valence-corrected chi connectivity index (χ4v) is 13.8. The number of phosphoric ester groups is 2. The second kappa shape index (κ2) is 69.1. The molecule has 0 aromatic rings. The van der Waals surface area contributed by atoms with Gasteiger partial charge in [-0.1, -0.05) is 357 Å². The Bertz CT molecular complexity index is 1940. The Morgan fingerprint density at radius 3 is 0.717 bits per heavy atom. The van der Waals surface area contributed by atoms with Crippen LogP contribution in [0.25, 0.3) is 0 Å². The first kappa shape index (κ1) is 97.1. The molecular formula is C80H156O17P2. The van der Waals surface area contributed by atoms with Gasteiger partial charge in [0.05, 0.1) is 26.4 Å². The van der Waals surface area contributed by atoms with Gasteiger partial charge in [0.1, 0.15) is 19.3 Å². The van der Waals surface area contributed by atoms with Gasteiger partial charge in [-0.15, -0.1) is 0 Å². The Morgan fingerprint density at radius 1 is 0.283 bits per heavy atom. The van der Waals surface area contributed by atoms with Crippen molar-refractivity contribution >= 4 is 39.5 Å². The zero-order chi connectivity index (χ0) is 73.1. The van der Waals surface area contributed by atoms with E-state index in [1.165, 1.54) is 205 Å². The van der Waals surface area contributed by atoms with Crippen LogP contribution in [0.1, 0.15) is 409 Å². The molecule has 0 rings (SSSR count). The molecule has 0 aromatic heterocycles. The highest BCUT2D eigenvalue weighted by atomic mass is 31.2. The van der Waals surface area contributed by atoms with Gasteiger partial charge in [-0.05, 0) is 49.4 Å². The maximum atomic E-state index is 13.1. The lowest BCUT2D eigenvalue weighted by molar-refractivity contribution is -0.161. The van der Waals surface area contributed by atoms with Crippen molar-refractivity contribution in [3.05, 3.63) is 0 Å². The third-order valence-corrected chi connectivity index (χ3v) is 20.8. The molecule has 6 atom stereocenters. The minimum absolute atomic E-state index is 0.105. The molecular weight excluding hydrogens is 1290 g/mol. The Balaban J connectivity index is 5.21. The number of hydrogen-bond donors (Lipinski definition) is 3. The molecule has 0 radical (unpaired) electrons. The first-order valence-corrected chi connectivity index (χ1v) is 44.2. The summed E-state index contributed by atoms with van der Waals surface area (Å²) in [6.45, 7) is 14.2. The number of esters is 4. The predicted octanol–water partition coefficient (Wildman–Crippen LogP) is 23.6. The van der Waals surface area contributed by atoms with Gasteiger partial charge in [0, 0.05) is 25.7 Å². The molecule has 0 heterocycles. The Labute approximate surface area is 607 Å². The molecule has 0 aliphatic carbocycles. The molecule has 0 aliphatic rings. The average molecular weight is 1450 g/mol. The van der Waals surface area contributed by atoms with Gasteiger partial charge in [-0.2, -0.15) is 0 Å². The van der Waals surface area contributed by atoms with Crippen molar-refractivity contribution in [2.75, 3.05) is 39.6 Å². The van der Waals surface area contributed by atoms with E-state index in [9.17, 15) is 43.2 Å². The van der Waals surface area contributed by atoms with Crippen LogP contribution >= 0.6 is 15.6 Å². The van der Waals surface area contributed by atoms with E-state index >= 15 is 0 Å². The van der Waals surface area contributed by atoms with Crippen LogP contribution in [0.2, 0.25) is 0 Å². The van der Waals surface area contributed by atoms with Gasteiger partial charge in [-0.25, -0.2) is 9.13 Å². The number of aliphatic hydroxyl groups excluding tert-OH is 1. The lowest BCUT2D eigenvalue weighted by atomic mass is 9.99. The number of hydrogen-bond acceptors (Lipinski definition) is 15. The highest BCUT2D eigenvalue weighted by Crippen LogP contribution is 2.45. The number of carbonyl (C=O) groups excluding carboxylic acids is 4. The number of phosphoric acid groups is 2. The molecule has 0 bridgehead atoms. The number of ether oxygens (including phenoxy) is 4. The van der Waals surface area contributed by atoms with E-state index in [-0.39, 0.29) is 25.7 Å². The quantitative estimate of drug-likeness (QED) is 0.0222. The molecule has 17 nitrogen and oxygen atoms in total. The Hall–Kier alpha value is -1.94. The van der Waals surface area contributed by atoms with Gasteiger partial charge >= 0.3 is 39.5 Å². The minimum Gasteiger partial charge on any atom is -0.462 e. The SMILES string of the molecule is CCC(C)CCCCCCCCCCCCC(=O)OC[C@H](COP(=O)(O)OC[C@@H](O)COP(=O)(O)OC[C@@H](COC(=O)CCCCCCCCC(C)C)OC(=O)CCCCCCCCCCCCCCC(C)C)OC(=O)CCCCCCCCCCCCCCCCCCCCC(C)C. The van der Waals surface area contributed by atoms with E-state index in [2.05, 4.69) is 55.4 Å². The van der Waals surface area contributed by atoms with Crippen LogP contribution in [-0.2, 0) is 65.4 Å². The monoisotopic (exact) mass is 1450 g/mol. The maximum absolute atomic E-state index is 13.1. The molecule has 3 N–H and O–H groups in total. The highest BCUT2D eigenvalue weighted by molar-refractivity contribution is 7.47. The summed E-state index contributed by atoms with van der Waals surface area (Å²) >= 11 is 0. The number of aliphatic hydroxyl groups is 1. The maximum Gasteiger partial charge on any atom is 0.472 e. The molecule has 3 unspecified atom stereocenters. The number of rotatable bonds is 77. The van der Waals surface area contributed by atoms with Crippen molar-refractivity contribution in [1.82, 2.24) is 0 Å². The van der Waals surface area contributed by atoms with E-state index in [0.29, 0.717) is 31.6 Å². The molecule has 99 heavy (non-hydrogen) atoms. The molecule has 0 saturated carbocycles. The van der Waals surface area contributed by atoms with E-state index in [1.54, 1.807) is 0 Å². The average Bonchev–Trinajstić information content (AvgIpc) is 0.991. The fourth-order valence-electron chi connectivity index (χ4n) is 12.2. The van der Waals surface area contributed by atoms with Crippen molar-refractivity contribution in [3.8, 4) is 0 Å². The minimum atomic E-state index is -4.96. The second-order valence-corrected chi connectivity index (χ2v) is 33.4. The molecule has 0 aromatic carbocycles. The zero-order valence-corrected chi connectivity index (χ0v) is 66.9. The van der Waals surface area contributed by atoms with Gasteiger partial charge < -0.3 is 33.8 Å². The van der Waals surface area contributed by atoms with Gasteiger partial charge in [0.2, 0.25) is 0 Å². The van der Waals surface area contributed by atoms with E-state index in [4.69, 9.17) is 37.0 Å². The standard InChI is InChI=1S/C80H156O17P2/c1-9-73(8)59-51-43-34-28-24-25-29-35-44-52-60-77(82)90-66-75(96-79(84)62-54-46-36-30-22-17-15-13-11-10-12-14-16-20-26-32-40-48-56-70(2)3)68-94-98(86,87)92-64-74(81)65-93-99(88,89)95-69-76(67-91-78(83)61-53-45-39-38-42-50-58-72(6)7)97-80(85)63-55-47-37-31-23-19-18-21-27-33-41-49-57-71(4)5/h70-76,81H,9-69H2,1-8H3,(H,86,87)(H,88,89)/t73?,74-,75-,76-/m1/s1. The van der Waals surface area contributed by atoms with Crippen LogP contribution in [0.15, 0.2) is 0 Å². The summed E-state index contributed by atoms with van der Waals surface area (Å²) in [6.07, 6.45) is 55.6. The fraction of sp³-hybridized carbons (Fsp3) is 0.950. The Morgan fingerprint density at radius 2 is 0.485 bits per heavy atom. The zero-order valence-electron chi connectivity index (χ0n) is 65.1. The van der Waals surface area contributed by atoms with Crippen LogP contribution in [0.5, 0.6) is 0 Å². The highest BCUT2D eigenvalue weighted by Gasteiger charge is 2.30. The largest absolute Gasteiger partial charge is 0.472 e. The summed E-state index contributed by atoms with van der Waals surface area (Å²) < 4.78 is 68.6. The first-order valence-electron chi connectivity index (χ1n) is 41.2. The molecule has 588 valence electrons. The summed E-state index contributed by atoms with van der Waals surface area (Å²) in [4.78, 5) is 72.9. The summed E-state index contributed by atoms with van der Waals surface area (Å²) in [7, 11) is -9.92. The predicted molar refractivity (Wildman–Crippen MR) is 404 cm³/mol. The summed E-state index contributed by atoms with van der Waals surface area (Å²) in [5, 5.41) is 10.6. The van der Waals surface area contributed by atoms with Crippen molar-refractivity contribution in [3.63, 3.8) is 0 Å². The van der Waals surface area contributed by atoms with Gasteiger partial charge in [0.25, 0.3) is 0 Å². The van der Waals surface area contributed by atoms with Crippen molar-refractivity contribution in [2.24, 2.45) is 23.7 Å². The third kappa shape index (κ3) is 72.8. The van der Waals surface area contributed by atoms with E-state index in [1.807, 2.05) is 0 Å². The van der Waals surface area contributed by atoms with Crippen molar-refractivity contribution < 1.29 is 80.2 Å². The summed E-state index contributed by atoms with van der Waals surface area (Å²) in [6, 6.07) is 0. The van der Waals surface area contributed by atoms with Crippen LogP contribution in [-0.4, -0.2) is 96.7 Å². The second-order valence-electron chi connectivity index (χ2n) is 30.5. The van der Waals surface area contributed by atoms with Crippen LogP contribution in [0.3, 0.4) is 0 Å².